The maximum atomic E-state index is 12.2. The van der Waals surface area contributed by atoms with Crippen LogP contribution >= 0.6 is 0 Å². The number of anilines is 1. The van der Waals surface area contributed by atoms with Gasteiger partial charge in [-0.1, -0.05) is 5.21 Å². The Hall–Kier alpha value is -2.20. The van der Waals surface area contributed by atoms with Gasteiger partial charge in [0, 0.05) is 5.69 Å². The molecule has 0 bridgehead atoms. The SMILES string of the molecule is COc1cc(C)c(N)cc1S(=O)(=O)NCc1nn[nH]n1. The summed E-state index contributed by atoms with van der Waals surface area (Å²) in [5, 5.41) is 12.9. The zero-order valence-electron chi connectivity index (χ0n) is 10.9. The third-order valence-electron chi connectivity index (χ3n) is 2.65. The average Bonchev–Trinajstić information content (AvgIpc) is 2.92. The number of nitrogens with zero attached hydrogens (tertiary/aromatic N) is 3. The highest BCUT2D eigenvalue weighted by Crippen LogP contribution is 2.28. The number of H-pyrrole nitrogens is 1. The van der Waals surface area contributed by atoms with Crippen molar-refractivity contribution < 1.29 is 13.2 Å². The summed E-state index contributed by atoms with van der Waals surface area (Å²) >= 11 is 0. The summed E-state index contributed by atoms with van der Waals surface area (Å²) in [6.07, 6.45) is 0. The molecule has 0 amide bonds. The highest BCUT2D eigenvalue weighted by Gasteiger charge is 2.21. The molecule has 1 aromatic carbocycles. The Balaban J connectivity index is 2.31. The smallest absolute Gasteiger partial charge is 0.244 e. The number of benzene rings is 1. The first-order chi connectivity index (χ1) is 9.44. The van der Waals surface area contributed by atoms with E-state index in [4.69, 9.17) is 10.5 Å². The lowest BCUT2D eigenvalue weighted by Gasteiger charge is -2.12. The van der Waals surface area contributed by atoms with Crippen molar-refractivity contribution in [1.29, 1.82) is 0 Å². The zero-order valence-corrected chi connectivity index (χ0v) is 11.7. The van der Waals surface area contributed by atoms with E-state index in [1.807, 2.05) is 0 Å². The third-order valence-corrected chi connectivity index (χ3v) is 4.07. The van der Waals surface area contributed by atoms with E-state index in [1.54, 1.807) is 13.0 Å². The lowest BCUT2D eigenvalue weighted by atomic mass is 10.2. The molecule has 20 heavy (non-hydrogen) atoms. The maximum Gasteiger partial charge on any atom is 0.244 e. The van der Waals surface area contributed by atoms with Crippen LogP contribution in [-0.2, 0) is 16.6 Å². The minimum absolute atomic E-state index is 0.0356. The molecule has 1 heterocycles. The van der Waals surface area contributed by atoms with Crippen molar-refractivity contribution in [2.75, 3.05) is 12.8 Å². The number of aromatic nitrogens is 4. The van der Waals surface area contributed by atoms with Gasteiger partial charge in [0.15, 0.2) is 5.82 Å². The normalized spacial score (nSPS) is 11.5. The molecule has 0 aliphatic heterocycles. The number of hydrogen-bond acceptors (Lipinski definition) is 7. The minimum atomic E-state index is -3.80. The molecule has 108 valence electrons. The number of tetrazole rings is 1. The second-order valence-electron chi connectivity index (χ2n) is 4.01. The summed E-state index contributed by atoms with van der Waals surface area (Å²) in [5.74, 6) is 0.449. The fourth-order valence-electron chi connectivity index (χ4n) is 1.54. The van der Waals surface area contributed by atoms with Crippen LogP contribution in [0.3, 0.4) is 0 Å². The highest BCUT2D eigenvalue weighted by molar-refractivity contribution is 7.89. The van der Waals surface area contributed by atoms with Gasteiger partial charge in [0.1, 0.15) is 10.6 Å². The van der Waals surface area contributed by atoms with Gasteiger partial charge in [-0.2, -0.15) is 5.21 Å². The molecule has 9 nitrogen and oxygen atoms in total. The van der Waals surface area contributed by atoms with Crippen molar-refractivity contribution in [1.82, 2.24) is 25.3 Å². The van der Waals surface area contributed by atoms with E-state index in [9.17, 15) is 8.42 Å². The Labute approximate surface area is 115 Å². The second-order valence-corrected chi connectivity index (χ2v) is 5.75. The molecule has 0 saturated heterocycles. The van der Waals surface area contributed by atoms with E-state index in [1.165, 1.54) is 13.2 Å². The quantitative estimate of drug-likeness (QED) is 0.637. The van der Waals surface area contributed by atoms with Crippen molar-refractivity contribution in [3.8, 4) is 5.75 Å². The van der Waals surface area contributed by atoms with Gasteiger partial charge in [0.05, 0.1) is 13.7 Å². The van der Waals surface area contributed by atoms with Gasteiger partial charge in [-0.15, -0.1) is 10.2 Å². The molecule has 0 unspecified atom stereocenters. The van der Waals surface area contributed by atoms with Crippen LogP contribution in [0.1, 0.15) is 11.4 Å². The number of nitrogens with two attached hydrogens (primary N) is 1. The third kappa shape index (κ3) is 2.86. The lowest BCUT2D eigenvalue weighted by molar-refractivity contribution is 0.402. The van der Waals surface area contributed by atoms with Crippen molar-refractivity contribution in [3.63, 3.8) is 0 Å². The Morgan fingerprint density at radius 2 is 2.20 bits per heavy atom. The molecule has 1 aromatic heterocycles. The van der Waals surface area contributed by atoms with Gasteiger partial charge in [-0.05, 0) is 24.6 Å². The first-order valence-corrected chi connectivity index (χ1v) is 7.08. The zero-order chi connectivity index (χ0) is 14.8. The van der Waals surface area contributed by atoms with E-state index in [-0.39, 0.29) is 23.0 Å². The summed E-state index contributed by atoms with van der Waals surface area (Å²) in [6, 6.07) is 2.92. The number of hydrogen-bond donors (Lipinski definition) is 3. The molecule has 0 spiro atoms. The average molecular weight is 298 g/mol. The molecule has 4 N–H and O–H groups in total. The van der Waals surface area contributed by atoms with E-state index in [0.717, 1.165) is 5.56 Å². The largest absolute Gasteiger partial charge is 0.495 e. The van der Waals surface area contributed by atoms with E-state index < -0.39 is 10.0 Å². The number of methoxy groups -OCH3 is 1. The molecule has 0 fully saturated rings. The van der Waals surface area contributed by atoms with Gasteiger partial charge in [0.2, 0.25) is 10.0 Å². The second kappa shape index (κ2) is 5.43. The Morgan fingerprint density at radius 3 is 2.80 bits per heavy atom. The van der Waals surface area contributed by atoms with Gasteiger partial charge < -0.3 is 10.5 Å². The fraction of sp³-hybridized carbons (Fsp3) is 0.300. The van der Waals surface area contributed by atoms with Crippen LogP contribution in [0, 0.1) is 6.92 Å². The molecule has 0 aliphatic rings. The van der Waals surface area contributed by atoms with Crippen LogP contribution in [-0.4, -0.2) is 36.2 Å². The Bertz CT molecular complexity index is 698. The van der Waals surface area contributed by atoms with Crippen LogP contribution in [0.2, 0.25) is 0 Å². The number of nitrogens with one attached hydrogen (secondary N) is 2. The number of ether oxygens (including phenoxy) is 1. The topological polar surface area (TPSA) is 136 Å². The number of rotatable bonds is 5. The van der Waals surface area contributed by atoms with Crippen molar-refractivity contribution >= 4 is 15.7 Å². The van der Waals surface area contributed by atoms with E-state index in [2.05, 4.69) is 25.3 Å². The molecule has 2 aromatic rings. The summed E-state index contributed by atoms with van der Waals surface area (Å²) in [6.45, 7) is 1.68. The lowest BCUT2D eigenvalue weighted by Crippen LogP contribution is -2.24. The molecular weight excluding hydrogens is 284 g/mol. The highest BCUT2D eigenvalue weighted by atomic mass is 32.2. The van der Waals surface area contributed by atoms with Gasteiger partial charge in [0.25, 0.3) is 0 Å². The van der Waals surface area contributed by atoms with Crippen LogP contribution < -0.4 is 15.2 Å². The number of aryl methyl sites for hydroxylation is 1. The van der Waals surface area contributed by atoms with Gasteiger partial charge in [-0.3, -0.25) is 0 Å². The molecule has 10 heteroatoms. The Kier molecular flexibility index (Phi) is 3.86. The van der Waals surface area contributed by atoms with Gasteiger partial charge in [-0.25, -0.2) is 13.1 Å². The summed E-state index contributed by atoms with van der Waals surface area (Å²) in [4.78, 5) is -0.0356. The molecular formula is C10H14N6O3S. The molecule has 0 radical (unpaired) electrons. The van der Waals surface area contributed by atoms with Crippen LogP contribution in [0.5, 0.6) is 5.75 Å². The number of aromatic amines is 1. The van der Waals surface area contributed by atoms with E-state index >= 15 is 0 Å². The Morgan fingerprint density at radius 1 is 1.45 bits per heavy atom. The number of sulfonamides is 1. The molecule has 2 rings (SSSR count). The predicted molar refractivity (Wildman–Crippen MR) is 70.3 cm³/mol. The monoisotopic (exact) mass is 298 g/mol. The van der Waals surface area contributed by atoms with Crippen molar-refractivity contribution in [3.05, 3.63) is 23.5 Å². The minimum Gasteiger partial charge on any atom is -0.495 e. The first-order valence-electron chi connectivity index (χ1n) is 5.60. The summed E-state index contributed by atoms with van der Waals surface area (Å²) in [7, 11) is -2.40. The summed E-state index contributed by atoms with van der Waals surface area (Å²) < 4.78 is 31.9. The van der Waals surface area contributed by atoms with Crippen LogP contribution in [0.4, 0.5) is 5.69 Å². The van der Waals surface area contributed by atoms with Crippen LogP contribution in [0.25, 0.3) is 0 Å². The van der Waals surface area contributed by atoms with Gasteiger partial charge >= 0.3 is 0 Å². The van der Waals surface area contributed by atoms with E-state index in [0.29, 0.717) is 5.69 Å². The molecule has 0 atom stereocenters. The van der Waals surface area contributed by atoms with Crippen molar-refractivity contribution in [2.45, 2.75) is 18.4 Å². The number of nitrogen functional groups attached to an aromatic ring is 1. The standard InChI is InChI=1S/C10H14N6O3S/c1-6-3-8(19-2)9(4-7(6)11)20(17,18)12-5-10-13-15-16-14-10/h3-4,12H,5,11H2,1-2H3,(H,13,14,15,16). The predicted octanol–water partition coefficient (Wildman–Crippen LogP) is -0.423. The summed E-state index contributed by atoms with van der Waals surface area (Å²) in [5.41, 5.74) is 6.85. The maximum absolute atomic E-state index is 12.2. The van der Waals surface area contributed by atoms with Crippen molar-refractivity contribution in [2.24, 2.45) is 0 Å². The molecule has 0 aliphatic carbocycles. The fourth-order valence-corrected chi connectivity index (χ4v) is 2.71. The molecule has 0 saturated carbocycles. The first kappa shape index (κ1) is 14.2. The van der Waals surface area contributed by atoms with Crippen LogP contribution in [0.15, 0.2) is 17.0 Å².